The Bertz CT molecular complexity index is 107. The number of ether oxygens (including phenoxy) is 1. The summed E-state index contributed by atoms with van der Waals surface area (Å²) >= 11 is 0. The fraction of sp³-hybridized carbons (Fsp3) is 1.00. The van der Waals surface area contributed by atoms with Gasteiger partial charge in [0.1, 0.15) is 0 Å². The van der Waals surface area contributed by atoms with E-state index in [1.54, 1.807) is 0 Å². The molecule has 0 aromatic carbocycles. The summed E-state index contributed by atoms with van der Waals surface area (Å²) in [6, 6.07) is 0. The van der Waals surface area contributed by atoms with Crippen molar-refractivity contribution in [1.29, 1.82) is 0 Å². The highest BCUT2D eigenvalue weighted by atomic mass is 16.5. The van der Waals surface area contributed by atoms with Crippen LogP contribution < -0.4 is 10.6 Å². The molecule has 1 aliphatic rings. The minimum absolute atomic E-state index is 0.948. The first-order chi connectivity index (χ1) is 10.5. The maximum absolute atomic E-state index is 5.69. The second-order valence-electron chi connectivity index (χ2n) is 6.36. The minimum Gasteiger partial charge on any atom is -0.381 e. The van der Waals surface area contributed by atoms with Crippen molar-refractivity contribution in [3.8, 4) is 0 Å². The maximum atomic E-state index is 5.69. The molecule has 0 atom stereocenters. The van der Waals surface area contributed by atoms with Crippen LogP contribution in [0.2, 0.25) is 0 Å². The van der Waals surface area contributed by atoms with E-state index >= 15 is 0 Å². The Kier molecular flexibility index (Phi) is 14.7. The average Bonchev–Trinajstić information content (AvgIpc) is 2.50. The van der Waals surface area contributed by atoms with Crippen LogP contribution >= 0.6 is 0 Å². The first-order valence-electron chi connectivity index (χ1n) is 9.49. The molecule has 1 heterocycles. The summed E-state index contributed by atoms with van der Waals surface area (Å²) in [5, 5.41) is 7.13. The Morgan fingerprint density at radius 1 is 0.381 bits per heavy atom. The quantitative estimate of drug-likeness (QED) is 0.712. The normalized spacial score (nSPS) is 24.0. The maximum Gasteiger partial charge on any atom is 0.0466 e. The average molecular weight is 299 g/mol. The van der Waals surface area contributed by atoms with Crippen molar-refractivity contribution in [3.63, 3.8) is 0 Å². The molecule has 0 aliphatic carbocycles. The lowest BCUT2D eigenvalue weighted by atomic mass is 10.1. The highest BCUT2D eigenvalue weighted by Gasteiger charge is 1.95. The zero-order valence-electron chi connectivity index (χ0n) is 14.1. The van der Waals surface area contributed by atoms with Gasteiger partial charge in [-0.3, -0.25) is 0 Å². The summed E-state index contributed by atoms with van der Waals surface area (Å²) in [6.07, 6.45) is 16.0. The van der Waals surface area contributed by atoms with Crippen LogP contribution in [0, 0.1) is 0 Å². The second kappa shape index (κ2) is 16.3. The largest absolute Gasteiger partial charge is 0.381 e. The summed E-state index contributed by atoms with van der Waals surface area (Å²) < 4.78 is 5.69. The van der Waals surface area contributed by atoms with E-state index < -0.39 is 0 Å². The van der Waals surface area contributed by atoms with Crippen molar-refractivity contribution in [3.05, 3.63) is 0 Å². The van der Waals surface area contributed by atoms with Gasteiger partial charge in [0, 0.05) is 13.2 Å². The standard InChI is InChI=1S/C18H38N2O/c1-2-4-8-14-20-16-10-12-18-21-17-11-6-5-9-15-19-13-7-3-1/h19-20H,1-18H2. The van der Waals surface area contributed by atoms with Gasteiger partial charge in [-0.25, -0.2) is 0 Å². The van der Waals surface area contributed by atoms with Gasteiger partial charge in [-0.05, 0) is 64.7 Å². The summed E-state index contributed by atoms with van der Waals surface area (Å²) in [5.41, 5.74) is 0. The zero-order chi connectivity index (χ0) is 14.8. The molecule has 0 unspecified atom stereocenters. The molecule has 0 saturated carbocycles. The van der Waals surface area contributed by atoms with E-state index in [1.807, 2.05) is 0 Å². The number of rotatable bonds is 0. The smallest absolute Gasteiger partial charge is 0.0466 e. The molecule has 1 rings (SSSR count). The Hall–Kier alpha value is -0.120. The van der Waals surface area contributed by atoms with Gasteiger partial charge in [-0.2, -0.15) is 0 Å². The van der Waals surface area contributed by atoms with Crippen molar-refractivity contribution >= 4 is 0 Å². The Morgan fingerprint density at radius 3 is 1.24 bits per heavy atom. The van der Waals surface area contributed by atoms with Crippen LogP contribution in [0.3, 0.4) is 0 Å². The van der Waals surface area contributed by atoms with Crippen LogP contribution in [0.5, 0.6) is 0 Å². The Morgan fingerprint density at radius 2 is 0.714 bits per heavy atom. The lowest BCUT2D eigenvalue weighted by Crippen LogP contribution is -2.17. The first-order valence-corrected chi connectivity index (χ1v) is 9.49. The van der Waals surface area contributed by atoms with E-state index in [2.05, 4.69) is 10.6 Å². The van der Waals surface area contributed by atoms with Crippen LogP contribution in [0.1, 0.15) is 77.0 Å². The molecule has 0 spiro atoms. The molecule has 0 aromatic heterocycles. The van der Waals surface area contributed by atoms with E-state index in [1.165, 1.54) is 96.7 Å². The van der Waals surface area contributed by atoms with Crippen molar-refractivity contribution in [1.82, 2.24) is 10.6 Å². The molecule has 0 aromatic rings. The lowest BCUT2D eigenvalue weighted by Gasteiger charge is -2.06. The third-order valence-electron chi connectivity index (χ3n) is 4.24. The Labute approximate surface area is 132 Å². The molecule has 0 radical (unpaired) electrons. The summed E-state index contributed by atoms with van der Waals surface area (Å²) in [7, 11) is 0. The van der Waals surface area contributed by atoms with Crippen LogP contribution in [0.25, 0.3) is 0 Å². The van der Waals surface area contributed by atoms with E-state index in [9.17, 15) is 0 Å². The van der Waals surface area contributed by atoms with Gasteiger partial charge in [0.05, 0.1) is 0 Å². The van der Waals surface area contributed by atoms with Gasteiger partial charge >= 0.3 is 0 Å². The second-order valence-corrected chi connectivity index (χ2v) is 6.36. The van der Waals surface area contributed by atoms with E-state index in [0.717, 1.165) is 19.8 Å². The van der Waals surface area contributed by atoms with Gasteiger partial charge in [-0.1, -0.05) is 38.5 Å². The minimum atomic E-state index is 0.948. The molecule has 1 saturated heterocycles. The highest BCUT2D eigenvalue weighted by Crippen LogP contribution is 2.05. The summed E-state index contributed by atoms with van der Waals surface area (Å²) in [5.74, 6) is 0. The molecular formula is C18H38N2O. The fourth-order valence-electron chi connectivity index (χ4n) is 2.82. The molecule has 3 heteroatoms. The van der Waals surface area contributed by atoms with E-state index in [4.69, 9.17) is 4.74 Å². The van der Waals surface area contributed by atoms with Gasteiger partial charge in [-0.15, -0.1) is 0 Å². The van der Waals surface area contributed by atoms with E-state index in [0.29, 0.717) is 0 Å². The van der Waals surface area contributed by atoms with Crippen molar-refractivity contribution in [2.45, 2.75) is 77.0 Å². The van der Waals surface area contributed by atoms with Gasteiger partial charge in [0.15, 0.2) is 0 Å². The van der Waals surface area contributed by atoms with Crippen LogP contribution in [-0.2, 0) is 4.74 Å². The molecule has 0 bridgehead atoms. The molecule has 126 valence electrons. The van der Waals surface area contributed by atoms with E-state index in [-0.39, 0.29) is 0 Å². The number of nitrogens with one attached hydrogen (secondary N) is 2. The third-order valence-corrected chi connectivity index (χ3v) is 4.24. The van der Waals surface area contributed by atoms with Gasteiger partial charge in [0.25, 0.3) is 0 Å². The molecule has 1 fully saturated rings. The molecule has 21 heavy (non-hydrogen) atoms. The predicted molar refractivity (Wildman–Crippen MR) is 92.0 cm³/mol. The SMILES string of the molecule is C1CCCCNCCCCOCCCCCCNCCC1. The lowest BCUT2D eigenvalue weighted by molar-refractivity contribution is 0.126. The molecule has 0 amide bonds. The van der Waals surface area contributed by atoms with Gasteiger partial charge < -0.3 is 15.4 Å². The zero-order valence-corrected chi connectivity index (χ0v) is 14.1. The number of hydrogen-bond donors (Lipinski definition) is 2. The van der Waals surface area contributed by atoms with Crippen molar-refractivity contribution in [2.24, 2.45) is 0 Å². The predicted octanol–water partition coefficient (Wildman–Crippen LogP) is 3.88. The monoisotopic (exact) mass is 298 g/mol. The number of hydrogen-bond acceptors (Lipinski definition) is 3. The third kappa shape index (κ3) is 14.6. The topological polar surface area (TPSA) is 33.3 Å². The fourth-order valence-corrected chi connectivity index (χ4v) is 2.82. The van der Waals surface area contributed by atoms with Crippen LogP contribution in [-0.4, -0.2) is 39.4 Å². The molecule has 3 nitrogen and oxygen atoms in total. The summed E-state index contributed by atoms with van der Waals surface area (Å²) in [4.78, 5) is 0. The van der Waals surface area contributed by atoms with Crippen LogP contribution in [0.4, 0.5) is 0 Å². The van der Waals surface area contributed by atoms with Crippen molar-refractivity contribution in [2.75, 3.05) is 39.4 Å². The van der Waals surface area contributed by atoms with Gasteiger partial charge in [0.2, 0.25) is 0 Å². The Balaban J connectivity index is 2.00. The summed E-state index contributed by atoms with van der Waals surface area (Å²) in [6.45, 7) is 6.68. The highest BCUT2D eigenvalue weighted by molar-refractivity contribution is 4.54. The molecular weight excluding hydrogens is 260 g/mol. The van der Waals surface area contributed by atoms with Crippen molar-refractivity contribution < 1.29 is 4.74 Å². The molecule has 1 aliphatic heterocycles. The van der Waals surface area contributed by atoms with Crippen LogP contribution in [0.15, 0.2) is 0 Å². The molecule has 2 N–H and O–H groups in total. The first kappa shape index (κ1) is 18.9.